The summed E-state index contributed by atoms with van der Waals surface area (Å²) in [7, 11) is 1.15. The lowest BCUT2D eigenvalue weighted by molar-refractivity contribution is -0.169. The number of methoxy groups -OCH3 is 1. The highest BCUT2D eigenvalue weighted by Crippen LogP contribution is 2.11. The Balaban J connectivity index is 0. The highest BCUT2D eigenvalue weighted by Gasteiger charge is 2.31. The van der Waals surface area contributed by atoms with Crippen molar-refractivity contribution in [2.75, 3.05) is 13.7 Å². The molecule has 0 saturated carbocycles. The van der Waals surface area contributed by atoms with Crippen molar-refractivity contribution < 1.29 is 24.2 Å². The van der Waals surface area contributed by atoms with Crippen molar-refractivity contribution in [3.8, 4) is 0 Å². The van der Waals surface area contributed by atoms with Crippen LogP contribution in [0.25, 0.3) is 0 Å². The zero-order valence-electron chi connectivity index (χ0n) is 9.57. The molecule has 0 radical (unpaired) electrons. The van der Waals surface area contributed by atoms with Gasteiger partial charge in [-0.15, -0.1) is 0 Å². The summed E-state index contributed by atoms with van der Waals surface area (Å²) >= 11 is 0. The maximum atomic E-state index is 11.3. The van der Waals surface area contributed by atoms with Crippen LogP contribution in [0.4, 0.5) is 0 Å². The average molecular weight is 221 g/mol. The molecule has 90 valence electrons. The van der Waals surface area contributed by atoms with Crippen LogP contribution in [-0.2, 0) is 19.1 Å². The van der Waals surface area contributed by atoms with Gasteiger partial charge < -0.3 is 20.7 Å². The van der Waals surface area contributed by atoms with Gasteiger partial charge in [0.2, 0.25) is 0 Å². The Morgan fingerprint density at radius 1 is 1.27 bits per heavy atom. The molecule has 1 atom stereocenters. The van der Waals surface area contributed by atoms with Crippen LogP contribution in [0.1, 0.15) is 20.8 Å². The van der Waals surface area contributed by atoms with Crippen molar-refractivity contribution in [3.63, 3.8) is 0 Å². The average Bonchev–Trinajstić information content (AvgIpc) is 2.01. The molecule has 0 aliphatic rings. The molecule has 6 nitrogen and oxygen atoms in total. The fourth-order valence-corrected chi connectivity index (χ4v) is 0.760. The van der Waals surface area contributed by atoms with Gasteiger partial charge in [0.15, 0.2) is 5.92 Å². The standard InChI is InChI=1S/C9H16O5.H3N/c1-9(2,3)14-8(12)6(5-10)7(11)13-4;/h6,10H,5H2,1-4H3;1H3. The predicted molar refractivity (Wildman–Crippen MR) is 53.5 cm³/mol. The summed E-state index contributed by atoms with van der Waals surface area (Å²) < 4.78 is 9.25. The van der Waals surface area contributed by atoms with Crippen molar-refractivity contribution in [3.05, 3.63) is 0 Å². The van der Waals surface area contributed by atoms with Crippen LogP contribution < -0.4 is 6.15 Å². The second kappa shape index (κ2) is 6.36. The normalized spacial score (nSPS) is 12.3. The molecule has 0 bridgehead atoms. The summed E-state index contributed by atoms with van der Waals surface area (Å²) in [5.74, 6) is -2.81. The number of aliphatic hydroxyl groups is 1. The maximum absolute atomic E-state index is 11.3. The minimum atomic E-state index is -1.25. The molecular weight excluding hydrogens is 202 g/mol. The van der Waals surface area contributed by atoms with Gasteiger partial charge in [0.25, 0.3) is 0 Å². The molecule has 0 heterocycles. The molecule has 0 fully saturated rings. The Morgan fingerprint density at radius 3 is 2.00 bits per heavy atom. The van der Waals surface area contributed by atoms with Crippen LogP contribution in [0.2, 0.25) is 0 Å². The van der Waals surface area contributed by atoms with E-state index >= 15 is 0 Å². The van der Waals surface area contributed by atoms with E-state index in [0.29, 0.717) is 0 Å². The molecule has 0 aliphatic carbocycles. The van der Waals surface area contributed by atoms with E-state index in [2.05, 4.69) is 4.74 Å². The van der Waals surface area contributed by atoms with Gasteiger partial charge in [-0.25, -0.2) is 0 Å². The van der Waals surface area contributed by atoms with Gasteiger partial charge in [0.05, 0.1) is 13.7 Å². The SMILES string of the molecule is COC(=O)C(CO)C(=O)OC(C)(C)C.N. The van der Waals surface area contributed by atoms with E-state index in [1.54, 1.807) is 20.8 Å². The van der Waals surface area contributed by atoms with Crippen molar-refractivity contribution in [2.24, 2.45) is 5.92 Å². The Kier molecular flexibility index (Phi) is 6.91. The van der Waals surface area contributed by atoms with E-state index in [-0.39, 0.29) is 6.15 Å². The Bertz CT molecular complexity index is 221. The van der Waals surface area contributed by atoms with Gasteiger partial charge >= 0.3 is 11.9 Å². The molecule has 0 rings (SSSR count). The van der Waals surface area contributed by atoms with Gasteiger partial charge in [-0.2, -0.15) is 0 Å². The number of ether oxygens (including phenoxy) is 2. The third-order valence-electron chi connectivity index (χ3n) is 1.36. The van der Waals surface area contributed by atoms with E-state index in [4.69, 9.17) is 9.84 Å². The molecule has 0 aromatic heterocycles. The van der Waals surface area contributed by atoms with Gasteiger partial charge in [-0.1, -0.05) is 0 Å². The third kappa shape index (κ3) is 6.03. The minimum absolute atomic E-state index is 0. The van der Waals surface area contributed by atoms with E-state index in [9.17, 15) is 9.59 Å². The zero-order chi connectivity index (χ0) is 11.4. The monoisotopic (exact) mass is 221 g/mol. The quantitative estimate of drug-likeness (QED) is 0.523. The minimum Gasteiger partial charge on any atom is -0.468 e. The first-order chi connectivity index (χ1) is 6.31. The number of carbonyl (C=O) groups excluding carboxylic acids is 2. The number of esters is 2. The van der Waals surface area contributed by atoms with Crippen molar-refractivity contribution in [2.45, 2.75) is 26.4 Å². The van der Waals surface area contributed by atoms with E-state index < -0.39 is 30.1 Å². The summed E-state index contributed by atoms with van der Waals surface area (Å²) in [6.45, 7) is 4.42. The van der Waals surface area contributed by atoms with Crippen molar-refractivity contribution >= 4 is 11.9 Å². The molecule has 0 aliphatic heterocycles. The summed E-state index contributed by atoms with van der Waals surface area (Å²) in [5.41, 5.74) is -0.682. The van der Waals surface area contributed by atoms with E-state index in [1.807, 2.05) is 0 Å². The van der Waals surface area contributed by atoms with Crippen molar-refractivity contribution in [1.29, 1.82) is 0 Å². The molecule has 0 saturated heterocycles. The summed E-state index contributed by atoms with van der Waals surface area (Å²) in [5, 5.41) is 8.79. The van der Waals surface area contributed by atoms with Crippen LogP contribution in [0.3, 0.4) is 0 Å². The Labute approximate surface area is 89.1 Å². The molecule has 0 aromatic carbocycles. The van der Waals surface area contributed by atoms with E-state index in [0.717, 1.165) is 7.11 Å². The lowest BCUT2D eigenvalue weighted by atomic mass is 10.1. The molecule has 4 N–H and O–H groups in total. The summed E-state index contributed by atoms with van der Waals surface area (Å²) in [4.78, 5) is 22.3. The van der Waals surface area contributed by atoms with Gasteiger partial charge in [0, 0.05) is 0 Å². The number of carbonyl (C=O) groups is 2. The predicted octanol–water partition coefficient (Wildman–Crippen LogP) is 0.272. The number of rotatable bonds is 3. The van der Waals surface area contributed by atoms with Gasteiger partial charge in [-0.3, -0.25) is 9.59 Å². The first kappa shape index (κ1) is 16.3. The molecule has 0 amide bonds. The van der Waals surface area contributed by atoms with Gasteiger partial charge in [0.1, 0.15) is 5.60 Å². The van der Waals surface area contributed by atoms with Crippen molar-refractivity contribution in [1.82, 2.24) is 6.15 Å². The largest absolute Gasteiger partial charge is 0.468 e. The summed E-state index contributed by atoms with van der Waals surface area (Å²) in [6, 6.07) is 0. The second-order valence-electron chi connectivity index (χ2n) is 3.79. The molecule has 0 aromatic rings. The Morgan fingerprint density at radius 2 is 1.73 bits per heavy atom. The second-order valence-corrected chi connectivity index (χ2v) is 3.79. The van der Waals surface area contributed by atoms with Gasteiger partial charge in [-0.05, 0) is 20.8 Å². The lowest BCUT2D eigenvalue weighted by Crippen LogP contribution is -2.35. The first-order valence-corrected chi connectivity index (χ1v) is 4.23. The molecule has 0 spiro atoms. The molecule has 6 heteroatoms. The molecule has 15 heavy (non-hydrogen) atoms. The molecular formula is C9H19NO5. The summed E-state index contributed by atoms with van der Waals surface area (Å²) in [6.07, 6.45) is 0. The lowest BCUT2D eigenvalue weighted by Gasteiger charge is -2.21. The smallest absolute Gasteiger partial charge is 0.323 e. The third-order valence-corrected chi connectivity index (χ3v) is 1.36. The zero-order valence-corrected chi connectivity index (χ0v) is 9.57. The number of aliphatic hydroxyl groups excluding tert-OH is 1. The maximum Gasteiger partial charge on any atom is 0.323 e. The number of hydrogen-bond donors (Lipinski definition) is 2. The highest BCUT2D eigenvalue weighted by atomic mass is 16.6. The van der Waals surface area contributed by atoms with Crippen LogP contribution in [0, 0.1) is 5.92 Å². The fourth-order valence-electron chi connectivity index (χ4n) is 0.760. The van der Waals surface area contributed by atoms with Crippen LogP contribution in [0.15, 0.2) is 0 Å². The fraction of sp³-hybridized carbons (Fsp3) is 0.778. The topological polar surface area (TPSA) is 108 Å². The Hall–Kier alpha value is -1.14. The molecule has 1 unspecified atom stereocenters. The van der Waals surface area contributed by atoms with E-state index in [1.165, 1.54) is 0 Å². The number of hydrogen-bond acceptors (Lipinski definition) is 6. The van der Waals surface area contributed by atoms with Crippen LogP contribution in [0.5, 0.6) is 0 Å². The highest BCUT2D eigenvalue weighted by molar-refractivity contribution is 5.95. The van der Waals surface area contributed by atoms with Crippen LogP contribution in [-0.4, -0.2) is 36.4 Å². The first-order valence-electron chi connectivity index (χ1n) is 4.23. The van der Waals surface area contributed by atoms with Crippen LogP contribution >= 0.6 is 0 Å².